The average molecular weight is 339 g/mol. The minimum absolute atomic E-state index is 0.0877. The lowest BCUT2D eigenvalue weighted by atomic mass is 10.2. The second kappa shape index (κ2) is 6.98. The molecule has 0 atom stereocenters. The highest BCUT2D eigenvalue weighted by molar-refractivity contribution is 9.10. The lowest BCUT2D eigenvalue weighted by molar-refractivity contribution is 0.282. The van der Waals surface area contributed by atoms with Gasteiger partial charge in [-0.1, -0.05) is 28.1 Å². The van der Waals surface area contributed by atoms with Crippen LogP contribution >= 0.6 is 27.7 Å². The molecule has 19 heavy (non-hydrogen) atoms. The summed E-state index contributed by atoms with van der Waals surface area (Å²) in [5.74, 6) is 1.75. The van der Waals surface area contributed by atoms with Crippen LogP contribution in [0.2, 0.25) is 0 Å². The van der Waals surface area contributed by atoms with Crippen LogP contribution < -0.4 is 4.74 Å². The normalized spacial score (nSPS) is 10.5. The first-order valence-corrected chi connectivity index (χ1v) is 7.66. The molecule has 1 N–H and O–H groups in total. The summed E-state index contributed by atoms with van der Waals surface area (Å²) in [6, 6.07) is 14.0. The Hall–Kier alpha value is -0.970. The van der Waals surface area contributed by atoms with Gasteiger partial charge in [-0.2, -0.15) is 0 Å². The summed E-state index contributed by atoms with van der Waals surface area (Å²) < 4.78 is 6.41. The molecule has 0 aliphatic rings. The van der Waals surface area contributed by atoms with E-state index >= 15 is 0 Å². The van der Waals surface area contributed by atoms with Gasteiger partial charge in [0.25, 0.3) is 0 Å². The van der Waals surface area contributed by atoms with Crippen LogP contribution in [0.3, 0.4) is 0 Å². The molecule has 0 aromatic heterocycles. The number of benzene rings is 2. The lowest BCUT2D eigenvalue weighted by Crippen LogP contribution is -1.90. The molecule has 0 bridgehead atoms. The maximum Gasteiger partial charge on any atom is 0.122 e. The number of thioether (sulfide) groups is 1. The number of halogens is 1. The van der Waals surface area contributed by atoms with Gasteiger partial charge in [0, 0.05) is 20.7 Å². The number of methoxy groups -OCH3 is 1. The van der Waals surface area contributed by atoms with Crippen molar-refractivity contribution in [2.75, 3.05) is 7.11 Å². The van der Waals surface area contributed by atoms with E-state index in [0.29, 0.717) is 0 Å². The maximum absolute atomic E-state index is 9.01. The highest BCUT2D eigenvalue weighted by Crippen LogP contribution is 2.30. The first kappa shape index (κ1) is 14.4. The zero-order valence-corrected chi connectivity index (χ0v) is 13.0. The van der Waals surface area contributed by atoms with Gasteiger partial charge in [-0.3, -0.25) is 0 Å². The summed E-state index contributed by atoms with van der Waals surface area (Å²) in [6.07, 6.45) is 0. The first-order valence-electron chi connectivity index (χ1n) is 5.88. The van der Waals surface area contributed by atoms with Crippen LogP contribution in [0.5, 0.6) is 5.75 Å². The van der Waals surface area contributed by atoms with Crippen molar-refractivity contribution in [3.05, 3.63) is 58.1 Å². The summed E-state index contributed by atoms with van der Waals surface area (Å²) >= 11 is 5.23. The van der Waals surface area contributed by atoms with Crippen molar-refractivity contribution in [2.45, 2.75) is 17.3 Å². The quantitative estimate of drug-likeness (QED) is 0.826. The van der Waals surface area contributed by atoms with Gasteiger partial charge in [0.2, 0.25) is 0 Å². The summed E-state index contributed by atoms with van der Waals surface area (Å²) in [4.78, 5) is 1.18. The second-order valence-corrected chi connectivity index (χ2v) is 6.01. The van der Waals surface area contributed by atoms with E-state index in [2.05, 4.69) is 22.0 Å². The van der Waals surface area contributed by atoms with Gasteiger partial charge in [0.15, 0.2) is 0 Å². The Morgan fingerprint density at radius 2 is 1.89 bits per heavy atom. The Kier molecular flexibility index (Phi) is 5.31. The average Bonchev–Trinajstić information content (AvgIpc) is 2.46. The van der Waals surface area contributed by atoms with Gasteiger partial charge in [-0.25, -0.2) is 0 Å². The smallest absolute Gasteiger partial charge is 0.122 e. The van der Waals surface area contributed by atoms with Gasteiger partial charge in [0.1, 0.15) is 5.75 Å². The standard InChI is InChI=1S/C15H15BrO2S/c1-18-15-7-4-13(16)8-12(15)10-19-14-5-2-11(9-17)3-6-14/h2-8,17H,9-10H2,1H3. The molecule has 2 rings (SSSR count). The molecule has 4 heteroatoms. The van der Waals surface area contributed by atoms with Crippen LogP contribution in [0, 0.1) is 0 Å². The molecule has 2 nitrogen and oxygen atoms in total. The Morgan fingerprint density at radius 1 is 1.16 bits per heavy atom. The second-order valence-electron chi connectivity index (χ2n) is 4.05. The third-order valence-corrected chi connectivity index (χ3v) is 4.30. The van der Waals surface area contributed by atoms with Crippen molar-refractivity contribution in [1.82, 2.24) is 0 Å². The minimum atomic E-state index is 0.0877. The fourth-order valence-corrected chi connectivity index (χ4v) is 3.00. The molecule has 0 fully saturated rings. The monoisotopic (exact) mass is 338 g/mol. The van der Waals surface area contributed by atoms with E-state index in [-0.39, 0.29) is 6.61 Å². The molecule has 0 amide bonds. The largest absolute Gasteiger partial charge is 0.496 e. The topological polar surface area (TPSA) is 29.5 Å². The maximum atomic E-state index is 9.01. The van der Waals surface area contributed by atoms with Crippen LogP contribution in [-0.4, -0.2) is 12.2 Å². The van der Waals surface area contributed by atoms with E-state index in [0.717, 1.165) is 27.1 Å². The van der Waals surface area contributed by atoms with E-state index < -0.39 is 0 Å². The number of rotatable bonds is 5. The van der Waals surface area contributed by atoms with Crippen LogP contribution in [0.25, 0.3) is 0 Å². The Morgan fingerprint density at radius 3 is 2.53 bits per heavy atom. The first-order chi connectivity index (χ1) is 9.22. The summed E-state index contributed by atoms with van der Waals surface area (Å²) in [5, 5.41) is 9.01. The lowest BCUT2D eigenvalue weighted by Gasteiger charge is -2.09. The van der Waals surface area contributed by atoms with Crippen molar-refractivity contribution < 1.29 is 9.84 Å². The predicted octanol–water partition coefficient (Wildman–Crippen LogP) is 4.24. The van der Waals surface area contributed by atoms with E-state index in [1.807, 2.05) is 36.4 Å². The fraction of sp³-hybridized carbons (Fsp3) is 0.200. The molecule has 2 aromatic rings. The Labute approximate surface area is 125 Å². The van der Waals surface area contributed by atoms with Gasteiger partial charge in [-0.05, 0) is 35.9 Å². The number of hydrogen-bond acceptors (Lipinski definition) is 3. The van der Waals surface area contributed by atoms with Crippen molar-refractivity contribution in [3.8, 4) is 5.75 Å². The summed E-state index contributed by atoms with van der Waals surface area (Å²) in [5.41, 5.74) is 2.09. The van der Waals surface area contributed by atoms with E-state index in [1.54, 1.807) is 18.9 Å². The van der Waals surface area contributed by atoms with Gasteiger partial charge in [0.05, 0.1) is 13.7 Å². The number of ether oxygens (including phenoxy) is 1. The van der Waals surface area contributed by atoms with Gasteiger partial charge in [-0.15, -0.1) is 11.8 Å². The third-order valence-electron chi connectivity index (χ3n) is 2.74. The summed E-state index contributed by atoms with van der Waals surface area (Å²) in [7, 11) is 1.69. The number of aliphatic hydroxyl groups excluding tert-OH is 1. The highest BCUT2D eigenvalue weighted by Gasteiger charge is 2.04. The van der Waals surface area contributed by atoms with Crippen LogP contribution in [0.4, 0.5) is 0 Å². The van der Waals surface area contributed by atoms with Crippen LogP contribution in [-0.2, 0) is 12.4 Å². The van der Waals surface area contributed by atoms with E-state index in [1.165, 1.54) is 4.90 Å². The SMILES string of the molecule is COc1ccc(Br)cc1CSc1ccc(CO)cc1. The molecule has 0 radical (unpaired) electrons. The molecule has 0 saturated heterocycles. The van der Waals surface area contributed by atoms with Crippen molar-refractivity contribution >= 4 is 27.7 Å². The molecule has 0 aliphatic heterocycles. The number of hydrogen-bond donors (Lipinski definition) is 1. The highest BCUT2D eigenvalue weighted by atomic mass is 79.9. The van der Waals surface area contributed by atoms with Crippen LogP contribution in [0.15, 0.2) is 51.8 Å². The molecule has 0 saturated carbocycles. The zero-order chi connectivity index (χ0) is 13.7. The third kappa shape index (κ3) is 4.00. The summed E-state index contributed by atoms with van der Waals surface area (Å²) in [6.45, 7) is 0.0877. The molecule has 0 heterocycles. The molecular weight excluding hydrogens is 324 g/mol. The van der Waals surface area contributed by atoms with Crippen LogP contribution in [0.1, 0.15) is 11.1 Å². The van der Waals surface area contributed by atoms with Crippen molar-refractivity contribution in [3.63, 3.8) is 0 Å². The van der Waals surface area contributed by atoms with Gasteiger partial charge < -0.3 is 9.84 Å². The van der Waals surface area contributed by atoms with Crippen molar-refractivity contribution in [2.24, 2.45) is 0 Å². The fourth-order valence-electron chi connectivity index (χ4n) is 1.71. The Bertz CT molecular complexity index is 540. The molecular formula is C15H15BrO2S. The zero-order valence-electron chi connectivity index (χ0n) is 10.6. The Balaban J connectivity index is 2.07. The van der Waals surface area contributed by atoms with E-state index in [9.17, 15) is 0 Å². The number of aliphatic hydroxyl groups is 1. The molecule has 2 aromatic carbocycles. The molecule has 100 valence electrons. The molecule has 0 spiro atoms. The minimum Gasteiger partial charge on any atom is -0.496 e. The molecule has 0 unspecified atom stereocenters. The predicted molar refractivity (Wildman–Crippen MR) is 82.6 cm³/mol. The van der Waals surface area contributed by atoms with E-state index in [4.69, 9.17) is 9.84 Å². The van der Waals surface area contributed by atoms with Crippen molar-refractivity contribution in [1.29, 1.82) is 0 Å². The molecule has 0 aliphatic carbocycles. The van der Waals surface area contributed by atoms with Gasteiger partial charge >= 0.3 is 0 Å².